The van der Waals surface area contributed by atoms with E-state index in [-0.39, 0.29) is 0 Å². The number of allylic oxidation sites excluding steroid dienone is 11. The van der Waals surface area contributed by atoms with Gasteiger partial charge in [-0.15, -0.1) is 0 Å². The van der Waals surface area contributed by atoms with Crippen molar-refractivity contribution in [3.05, 3.63) is 162 Å². The van der Waals surface area contributed by atoms with Gasteiger partial charge >= 0.3 is 0 Å². The molecule has 0 saturated carbocycles. The first-order valence-electron chi connectivity index (χ1n) is 21.8. The minimum atomic E-state index is 0.450. The van der Waals surface area contributed by atoms with E-state index in [9.17, 15) is 0 Å². The predicted octanol–water partition coefficient (Wildman–Crippen LogP) is 15.2. The number of unbranched alkanes of at least 4 members (excludes halogenated alkanes) is 1. The maximum Gasteiger partial charge on any atom is 0.0169 e. The Morgan fingerprint density at radius 1 is 0.684 bits per heavy atom. The molecule has 0 spiro atoms. The summed E-state index contributed by atoms with van der Waals surface area (Å²) in [6.07, 6.45) is 31.3. The van der Waals surface area contributed by atoms with Gasteiger partial charge in [-0.2, -0.15) is 0 Å². The van der Waals surface area contributed by atoms with Crippen LogP contribution in [-0.4, -0.2) is 25.0 Å². The fourth-order valence-electron chi connectivity index (χ4n) is 7.90. The minimum Gasteiger partial charge on any atom is -0.380 e. The maximum absolute atomic E-state index is 5.87. The number of hydrogen-bond acceptors (Lipinski definition) is 2. The molecule has 2 unspecified atom stereocenters. The summed E-state index contributed by atoms with van der Waals surface area (Å²) >= 11 is 0. The molecule has 0 aromatic heterocycles. The van der Waals surface area contributed by atoms with Gasteiger partial charge in [-0.25, -0.2) is 0 Å². The quantitative estimate of drug-likeness (QED) is 0.109. The number of rotatable bonds is 17. The van der Waals surface area contributed by atoms with Gasteiger partial charge in [0.05, 0.1) is 0 Å². The minimum absolute atomic E-state index is 0.450. The Kier molecular flexibility index (Phi) is 17.2. The largest absolute Gasteiger partial charge is 0.380 e. The Hall–Kier alpha value is -4.92. The smallest absolute Gasteiger partial charge is 0.0169 e. The lowest BCUT2D eigenvalue weighted by atomic mass is 9.89. The molecule has 0 saturated heterocycles. The van der Waals surface area contributed by atoms with E-state index in [0.29, 0.717) is 11.8 Å². The molecule has 2 atom stereocenters. The molecule has 57 heavy (non-hydrogen) atoms. The van der Waals surface area contributed by atoms with Crippen LogP contribution in [-0.2, 0) is 0 Å². The van der Waals surface area contributed by atoms with Crippen LogP contribution in [0, 0.1) is 11.8 Å². The summed E-state index contributed by atoms with van der Waals surface area (Å²) in [5.41, 5.74) is 20.8. The van der Waals surface area contributed by atoms with Gasteiger partial charge < -0.3 is 10.6 Å². The molecule has 2 heteroatoms. The van der Waals surface area contributed by atoms with Crippen LogP contribution in [0.15, 0.2) is 146 Å². The highest BCUT2D eigenvalue weighted by molar-refractivity contribution is 5.86. The van der Waals surface area contributed by atoms with E-state index in [1.165, 1.54) is 98.9 Å². The first kappa shape index (κ1) is 43.2. The molecule has 0 aliphatic carbocycles. The van der Waals surface area contributed by atoms with Gasteiger partial charge in [-0.05, 0) is 193 Å². The van der Waals surface area contributed by atoms with Gasteiger partial charge in [-0.3, -0.25) is 0 Å². The van der Waals surface area contributed by atoms with Crippen molar-refractivity contribution in [2.24, 2.45) is 17.6 Å². The number of benzene rings is 4. The standard InChI is InChI=1S/C55H68N2/c1-7-11-22-43(10-4)35-46(20-9-3)49-26-17-29-52(38-49)55-40-53(50-27-15-24-47(36-50)44-23-13-12-14-32-57(6)33-30-44)39-54(41-55)51-28-16-25-48(37-51)45(19-8-2)34-42(5)21-18-31-56/h8-9,15-17,19-20,23-30,33-43H,7,10-14,18,21-22,31-32,56H2,1-6H3/b19-8-,20-9-,33-30-,44-23+,45-34+,46-35+. The van der Waals surface area contributed by atoms with Crippen molar-refractivity contribution in [3.8, 4) is 33.4 Å². The molecule has 0 bridgehead atoms. The lowest BCUT2D eigenvalue weighted by Gasteiger charge is -2.16. The molecular formula is C55H68N2. The van der Waals surface area contributed by atoms with E-state index in [0.717, 1.165) is 38.8 Å². The van der Waals surface area contributed by atoms with Crippen molar-refractivity contribution in [2.45, 2.75) is 92.4 Å². The second-order valence-corrected chi connectivity index (χ2v) is 16.0. The van der Waals surface area contributed by atoms with Crippen molar-refractivity contribution in [1.29, 1.82) is 0 Å². The van der Waals surface area contributed by atoms with Crippen molar-refractivity contribution < 1.29 is 0 Å². The van der Waals surface area contributed by atoms with Gasteiger partial charge in [-0.1, -0.05) is 131 Å². The molecule has 1 aliphatic rings. The Morgan fingerprint density at radius 3 is 1.82 bits per heavy atom. The third-order valence-electron chi connectivity index (χ3n) is 11.2. The van der Waals surface area contributed by atoms with Crippen LogP contribution in [0.25, 0.3) is 50.1 Å². The number of hydrogen-bond donors (Lipinski definition) is 1. The lowest BCUT2D eigenvalue weighted by molar-refractivity contribution is 0.438. The Morgan fingerprint density at radius 2 is 1.25 bits per heavy atom. The zero-order valence-corrected chi connectivity index (χ0v) is 35.8. The van der Waals surface area contributed by atoms with E-state index in [2.05, 4.69) is 192 Å². The van der Waals surface area contributed by atoms with Crippen molar-refractivity contribution >= 4 is 16.7 Å². The van der Waals surface area contributed by atoms with Crippen molar-refractivity contribution in [2.75, 3.05) is 20.1 Å². The molecule has 0 fully saturated rings. The average molecular weight is 757 g/mol. The second-order valence-electron chi connectivity index (χ2n) is 16.0. The van der Waals surface area contributed by atoms with Crippen LogP contribution in [0.4, 0.5) is 0 Å². The molecule has 0 radical (unpaired) electrons. The lowest BCUT2D eigenvalue weighted by Crippen LogP contribution is -2.11. The van der Waals surface area contributed by atoms with Crippen LogP contribution in [0.5, 0.6) is 0 Å². The number of nitrogens with zero attached hydrogens (tertiary/aromatic N) is 1. The van der Waals surface area contributed by atoms with E-state index in [1.807, 2.05) is 0 Å². The molecule has 1 aliphatic heterocycles. The zero-order chi connectivity index (χ0) is 40.4. The summed E-state index contributed by atoms with van der Waals surface area (Å²) < 4.78 is 0. The van der Waals surface area contributed by atoms with Crippen molar-refractivity contribution in [3.63, 3.8) is 0 Å². The van der Waals surface area contributed by atoms with Crippen LogP contribution < -0.4 is 5.73 Å². The Balaban J connectivity index is 1.66. The highest BCUT2D eigenvalue weighted by Crippen LogP contribution is 2.37. The second kappa shape index (κ2) is 22.7. The molecule has 5 rings (SSSR count). The predicted molar refractivity (Wildman–Crippen MR) is 253 cm³/mol. The molecular weight excluding hydrogens is 689 g/mol. The molecule has 4 aromatic carbocycles. The topological polar surface area (TPSA) is 29.3 Å². The fourth-order valence-corrected chi connectivity index (χ4v) is 7.90. The highest BCUT2D eigenvalue weighted by atomic mass is 15.1. The summed E-state index contributed by atoms with van der Waals surface area (Å²) in [4.78, 5) is 2.31. The SMILES string of the molecule is C/C=C\C(=C/C(C)CCCN)c1cccc(-c2cc(-c3cccc(C4=C/CCCCN(C)/C=C\4)c3)cc(-c3cccc(C(/C=C\C)=C/C(CC)CCCC)c3)c2)c1. The molecule has 2 nitrogen and oxygen atoms in total. The van der Waals surface area contributed by atoms with Crippen LogP contribution in [0.3, 0.4) is 0 Å². The van der Waals surface area contributed by atoms with Crippen LogP contribution in [0.1, 0.15) is 109 Å². The molecule has 0 amide bonds. The zero-order valence-electron chi connectivity index (χ0n) is 35.8. The summed E-state index contributed by atoms with van der Waals surface area (Å²) in [5, 5.41) is 0. The Bertz CT molecular complexity index is 2070. The van der Waals surface area contributed by atoms with Gasteiger partial charge in [0.1, 0.15) is 0 Å². The van der Waals surface area contributed by atoms with Crippen molar-refractivity contribution in [1.82, 2.24) is 4.90 Å². The molecule has 4 aromatic rings. The van der Waals surface area contributed by atoms with Crippen LogP contribution >= 0.6 is 0 Å². The molecule has 2 N–H and O–H groups in total. The van der Waals surface area contributed by atoms with Gasteiger partial charge in [0.2, 0.25) is 0 Å². The van der Waals surface area contributed by atoms with Gasteiger partial charge in [0, 0.05) is 13.6 Å². The maximum atomic E-state index is 5.87. The summed E-state index contributed by atoms with van der Waals surface area (Å²) in [6.45, 7) is 13.0. The van der Waals surface area contributed by atoms with E-state index in [4.69, 9.17) is 5.73 Å². The summed E-state index contributed by atoms with van der Waals surface area (Å²) in [6, 6.07) is 34.6. The van der Waals surface area contributed by atoms with Gasteiger partial charge in [0.25, 0.3) is 0 Å². The Labute approximate surface area is 346 Å². The molecule has 1 heterocycles. The van der Waals surface area contributed by atoms with E-state index < -0.39 is 0 Å². The monoisotopic (exact) mass is 757 g/mol. The summed E-state index contributed by atoms with van der Waals surface area (Å²) in [5.74, 6) is 1.03. The first-order valence-corrected chi connectivity index (χ1v) is 21.8. The van der Waals surface area contributed by atoms with Gasteiger partial charge in [0.15, 0.2) is 0 Å². The number of nitrogens with two attached hydrogens (primary N) is 1. The van der Waals surface area contributed by atoms with Crippen LogP contribution in [0.2, 0.25) is 0 Å². The third-order valence-corrected chi connectivity index (χ3v) is 11.2. The van der Waals surface area contributed by atoms with E-state index in [1.54, 1.807) is 0 Å². The average Bonchev–Trinajstić information content (AvgIpc) is 3.35. The third kappa shape index (κ3) is 12.8. The van der Waals surface area contributed by atoms with E-state index >= 15 is 0 Å². The summed E-state index contributed by atoms with van der Waals surface area (Å²) in [7, 11) is 2.18. The normalized spacial score (nSPS) is 16.9. The highest BCUT2D eigenvalue weighted by Gasteiger charge is 2.13. The first-order chi connectivity index (χ1) is 27.8. The fraction of sp³-hybridized carbons (Fsp3) is 0.345. The molecule has 298 valence electrons.